The SMILES string of the molecule is O=C(O[C@@H]1Cc2c(O)cc(O)c([C@@H]3c4c(O)cc(O)cc4O[C@H](c4ccc(O)c(O)c4)[C@H]3O)c2O[C@@H]1c1cc(O)c(O)c(O)c1)c1cc(O)c(O)c(O)c1.O=C(O[C@@H]1Cc2c(O)cc(O)cc2O[C@@H]1c1cc(O)c(O)c(O)c1)c1cc(O)c(O)c(O)c1.Oc1cc(O)c2c(c1)O[C@H](c1ccc(O)c(O)c1)[C@@H](O)[C@@H]2c1c(O)cc(O)c2c1O[C@H](c1ccc(O)c(O)c1)[C@H](O)C2.Oc1cc(O)c2c(c1)O[C@H](c1ccc(O)c(O)c1)[C@H](O)C2. The number of aliphatic hydroxyl groups excluding tert-OH is 4. The topological polar surface area (TPSA) is 836 Å². The van der Waals surface area contributed by atoms with Crippen LogP contribution in [0.5, 0.6) is 218 Å². The summed E-state index contributed by atoms with van der Waals surface area (Å²) in [6.45, 7) is 0. The first-order valence-corrected chi connectivity index (χ1v) is 44.6. The average molecular weight is 2070 g/mol. The van der Waals surface area contributed by atoms with Gasteiger partial charge in [0.25, 0.3) is 0 Å². The van der Waals surface area contributed by atoms with Crippen molar-refractivity contribution in [2.75, 3.05) is 0 Å². The van der Waals surface area contributed by atoms with Crippen LogP contribution in [0.3, 0.4) is 0 Å². The molecule has 0 spiro atoms. The largest absolute Gasteiger partial charge is 0.508 e. The highest BCUT2D eigenvalue weighted by molar-refractivity contribution is 5.92. The number of benzene rings is 14. The smallest absolute Gasteiger partial charge is 0.338 e. The van der Waals surface area contributed by atoms with E-state index in [-0.39, 0.29) is 166 Å². The van der Waals surface area contributed by atoms with Gasteiger partial charge in [-0.2, -0.15) is 0 Å². The van der Waals surface area contributed by atoms with E-state index >= 15 is 0 Å². The second-order valence-corrected chi connectivity index (χ2v) is 35.4. The van der Waals surface area contributed by atoms with Crippen molar-refractivity contribution in [3.05, 3.63) is 271 Å². The fourth-order valence-corrected chi connectivity index (χ4v) is 18.5. The lowest BCUT2D eigenvalue weighted by Crippen LogP contribution is -2.38. The number of phenols is 32. The average Bonchev–Trinajstić information content (AvgIpc) is 0.725. The molecule has 0 fully saturated rings. The number of aliphatic hydroxyl groups is 4. The Labute approximate surface area is 839 Å². The predicted molar refractivity (Wildman–Crippen MR) is 505 cm³/mol. The van der Waals surface area contributed by atoms with E-state index in [1.165, 1.54) is 84.9 Å². The van der Waals surface area contributed by atoms with E-state index in [9.17, 15) is 193 Å². The molecule has 0 unspecified atom stereocenters. The molecule has 46 heteroatoms. The van der Waals surface area contributed by atoms with Crippen LogP contribution in [0.1, 0.15) is 147 Å². The molecule has 0 radical (unpaired) electrons. The molecule has 6 aliphatic heterocycles. The molecule has 46 nitrogen and oxygen atoms in total. The third-order valence-electron chi connectivity index (χ3n) is 25.6. The van der Waals surface area contributed by atoms with Crippen molar-refractivity contribution in [3.8, 4) is 218 Å². The number of carbonyl (C=O) groups excluding carboxylic acids is 2. The Balaban J connectivity index is 0.000000143. The zero-order chi connectivity index (χ0) is 108. The number of ether oxygens (including phenoxy) is 8. The summed E-state index contributed by atoms with van der Waals surface area (Å²) in [6, 6.07) is 33.7. The van der Waals surface area contributed by atoms with Crippen LogP contribution in [0.25, 0.3) is 0 Å². The molecule has 6 heterocycles. The maximum absolute atomic E-state index is 13.4. The van der Waals surface area contributed by atoms with Gasteiger partial charge in [0, 0.05) is 142 Å². The highest BCUT2D eigenvalue weighted by atomic mass is 16.6. The zero-order valence-electron chi connectivity index (χ0n) is 76.4. The monoisotopic (exact) mass is 2070 g/mol. The molecule has 0 saturated heterocycles. The number of fused-ring (bicyclic) bond motifs is 6. The minimum atomic E-state index is -1.76. The van der Waals surface area contributed by atoms with Crippen molar-refractivity contribution in [3.63, 3.8) is 0 Å². The van der Waals surface area contributed by atoms with E-state index in [1.54, 1.807) is 0 Å². The molecular formula is C104H88O46. The maximum atomic E-state index is 13.4. The molecule has 780 valence electrons. The Morgan fingerprint density at radius 1 is 0.213 bits per heavy atom. The summed E-state index contributed by atoms with van der Waals surface area (Å²) in [5.41, 5.74) is 0.284. The summed E-state index contributed by atoms with van der Waals surface area (Å²) >= 11 is 0. The molecule has 14 aromatic carbocycles. The number of phenolic OH excluding ortho intramolecular Hbond substituents is 32. The minimum Gasteiger partial charge on any atom is -0.508 e. The van der Waals surface area contributed by atoms with Crippen molar-refractivity contribution < 1.29 is 231 Å². The van der Waals surface area contributed by atoms with Crippen molar-refractivity contribution in [1.82, 2.24) is 0 Å². The quantitative estimate of drug-likeness (QED) is 0.0399. The van der Waals surface area contributed by atoms with E-state index in [0.717, 1.165) is 97.1 Å². The Morgan fingerprint density at radius 2 is 0.460 bits per heavy atom. The number of rotatable bonds is 12. The normalized spacial score (nSPS) is 20.3. The van der Waals surface area contributed by atoms with Crippen LogP contribution in [0.15, 0.2) is 182 Å². The molecule has 14 aromatic rings. The lowest BCUT2D eigenvalue weighted by atomic mass is 9.77. The first-order chi connectivity index (χ1) is 71.0. The fraction of sp³-hybridized carbons (Fsp3) is 0.173. The molecule has 150 heavy (non-hydrogen) atoms. The first-order valence-electron chi connectivity index (χ1n) is 44.6. The fourth-order valence-electron chi connectivity index (χ4n) is 18.5. The zero-order valence-corrected chi connectivity index (χ0v) is 76.4. The van der Waals surface area contributed by atoms with Gasteiger partial charge in [0.15, 0.2) is 139 Å². The van der Waals surface area contributed by atoms with Crippen LogP contribution in [0.4, 0.5) is 0 Å². The van der Waals surface area contributed by atoms with Gasteiger partial charge in [0.05, 0.1) is 35.2 Å². The summed E-state index contributed by atoms with van der Waals surface area (Å²) in [5.74, 6) is -23.5. The van der Waals surface area contributed by atoms with Gasteiger partial charge in [-0.1, -0.05) is 24.3 Å². The van der Waals surface area contributed by atoms with E-state index < -0.39 is 253 Å². The first kappa shape index (κ1) is 102. The predicted octanol–water partition coefficient (Wildman–Crippen LogP) is 10.5. The van der Waals surface area contributed by atoms with Crippen LogP contribution >= 0.6 is 0 Å². The molecular weight excluding hydrogens is 1990 g/mol. The lowest BCUT2D eigenvalue weighted by molar-refractivity contribution is -0.0211. The van der Waals surface area contributed by atoms with Gasteiger partial charge in [-0.3, -0.25) is 0 Å². The molecule has 0 bridgehead atoms. The highest BCUT2D eigenvalue weighted by Crippen LogP contribution is 2.62. The second kappa shape index (κ2) is 39.4. The number of hydrogen-bond donors (Lipinski definition) is 36. The lowest BCUT2D eigenvalue weighted by Gasteiger charge is -2.40. The van der Waals surface area contributed by atoms with Crippen molar-refractivity contribution >= 4 is 11.9 Å². The molecule has 0 amide bonds. The Morgan fingerprint density at radius 3 is 0.807 bits per heavy atom. The van der Waals surface area contributed by atoms with E-state index in [1.807, 2.05) is 0 Å². The number of esters is 2. The van der Waals surface area contributed by atoms with E-state index in [2.05, 4.69) is 0 Å². The highest BCUT2D eigenvalue weighted by Gasteiger charge is 2.51. The van der Waals surface area contributed by atoms with Crippen LogP contribution in [-0.4, -0.2) is 232 Å². The van der Waals surface area contributed by atoms with Crippen LogP contribution < -0.4 is 28.4 Å². The minimum absolute atomic E-state index is 0.0312. The van der Waals surface area contributed by atoms with Gasteiger partial charge in [-0.15, -0.1) is 0 Å². The van der Waals surface area contributed by atoms with Crippen LogP contribution in [0, 0.1) is 0 Å². The van der Waals surface area contributed by atoms with Gasteiger partial charge in [0.2, 0.25) is 0 Å². The Bertz CT molecular complexity index is 7660. The van der Waals surface area contributed by atoms with Gasteiger partial charge in [-0.05, 0) is 119 Å². The second-order valence-electron chi connectivity index (χ2n) is 35.4. The van der Waals surface area contributed by atoms with Crippen molar-refractivity contribution in [2.45, 2.75) is 111 Å². The summed E-state index contributed by atoms with van der Waals surface area (Å²) in [6.07, 6.45) is -16.1. The van der Waals surface area contributed by atoms with Gasteiger partial charge in [0.1, 0.15) is 140 Å². The van der Waals surface area contributed by atoms with Gasteiger partial charge in [-0.25, -0.2) is 9.59 Å². The van der Waals surface area contributed by atoms with Crippen LogP contribution in [-0.2, 0) is 35.2 Å². The summed E-state index contributed by atoms with van der Waals surface area (Å²) in [7, 11) is 0. The molecule has 20 rings (SSSR count). The molecule has 14 atom stereocenters. The summed E-state index contributed by atoms with van der Waals surface area (Å²) < 4.78 is 47.0. The van der Waals surface area contributed by atoms with E-state index in [0.29, 0.717) is 11.1 Å². The van der Waals surface area contributed by atoms with Gasteiger partial charge < -0.3 is 222 Å². The van der Waals surface area contributed by atoms with Crippen LogP contribution in [0.2, 0.25) is 0 Å². The Hall–Kier alpha value is -19.7. The number of aromatic hydroxyl groups is 32. The Kier molecular flexibility index (Phi) is 26.7. The summed E-state index contributed by atoms with van der Waals surface area (Å²) in [4.78, 5) is 26.1. The van der Waals surface area contributed by atoms with Crippen molar-refractivity contribution in [2.24, 2.45) is 0 Å². The third-order valence-corrected chi connectivity index (χ3v) is 25.6. The maximum Gasteiger partial charge on any atom is 0.338 e. The standard InChI is InChI=1S/C37H30O17.C30H26O12.C22H18O11.C15H14O6/c38-15-8-20(42)28-26(9-15)52-35(12-1-2-17(39)19(41)3-12)33(50)30(28)29-21(43)11-18(40)16-10-27(53-37(51)14-6-24(46)32(49)25(47)7-14)34(54-36(16)29)13-4-22(44)31(48)23(45)5-13;31-13-7-20(37)24-23(8-13)41-29(12-2-4-16(33)19(36)6-12)27(40)26(24)25-21(38)10-17(34)14-9-22(39)28(42-30(14)25)11-1-3-15(32)18(35)5-11;23-10-5-12(24)11-7-18(33-22(31)9-3-15(27)20(30)16(28)4-9)21(32-17(11)6-10)8-1-13(25)19(29)14(26)2-8;16-8-4-11(18)9-6-13(20)15(21-14(9)5-8)7-1-2-10(17)12(19)3-7/h1-9,11,27,30,33-35,38-50H,10H2;1-8,10,22,26-29,31-40H,9H2;1-6,18,21,23-30H,7H2;1-5,13,15-20H,6H2/t27-,30+,33+,34-,35-;22-,26+,27+,28-,29-;18-,21-;13-,15-/m1111/s1. The molecule has 0 aliphatic carbocycles. The molecule has 0 saturated carbocycles. The van der Waals surface area contributed by atoms with Crippen molar-refractivity contribution in [1.29, 1.82) is 0 Å². The molecule has 6 aliphatic rings. The van der Waals surface area contributed by atoms with E-state index in [4.69, 9.17) is 37.9 Å². The summed E-state index contributed by atoms with van der Waals surface area (Å²) in [5, 5.41) is 369. The molecule has 36 N–H and O–H groups in total. The van der Waals surface area contributed by atoms with Gasteiger partial charge >= 0.3 is 11.9 Å². The number of carbonyl (C=O) groups is 2. The third kappa shape index (κ3) is 19.3. The molecule has 0 aromatic heterocycles. The number of hydrogen-bond acceptors (Lipinski definition) is 46.